The lowest BCUT2D eigenvalue weighted by molar-refractivity contribution is -0.0942. The Labute approximate surface area is 141 Å². The van der Waals surface area contributed by atoms with Crippen LogP contribution in [0.2, 0.25) is 0 Å². The first kappa shape index (κ1) is 16.9. The Hall–Kier alpha value is -0.950. The summed E-state index contributed by atoms with van der Waals surface area (Å²) in [4.78, 5) is 18.8. The number of aliphatic hydroxyl groups is 1. The molecule has 0 bridgehead atoms. The molecule has 1 amide bonds. The molecule has 0 aromatic carbocycles. The van der Waals surface area contributed by atoms with Crippen molar-refractivity contribution in [2.45, 2.75) is 31.8 Å². The molecule has 6 heteroatoms. The normalized spacial score (nSPS) is 20.5. The number of likely N-dealkylation sites (tertiary alicyclic amines) is 1. The van der Waals surface area contributed by atoms with Gasteiger partial charge in [0.1, 0.15) is 0 Å². The molecule has 0 unspecified atom stereocenters. The minimum atomic E-state index is -0.191. The Kier molecular flexibility index (Phi) is 5.06. The second kappa shape index (κ2) is 6.89. The van der Waals surface area contributed by atoms with Gasteiger partial charge in [-0.25, -0.2) is 0 Å². The van der Waals surface area contributed by atoms with Crippen LogP contribution < -0.4 is 0 Å². The zero-order chi connectivity index (χ0) is 16.4. The van der Waals surface area contributed by atoms with Gasteiger partial charge in [-0.3, -0.25) is 4.79 Å². The van der Waals surface area contributed by atoms with Gasteiger partial charge in [0.2, 0.25) is 0 Å². The summed E-state index contributed by atoms with van der Waals surface area (Å²) in [6.07, 6.45) is 2.89. The maximum Gasteiger partial charge on any atom is 0.264 e. The fourth-order valence-electron chi connectivity index (χ4n) is 3.60. The van der Waals surface area contributed by atoms with Crippen LogP contribution in [0.4, 0.5) is 0 Å². The van der Waals surface area contributed by atoms with Crippen LogP contribution in [-0.2, 0) is 16.8 Å². The first-order chi connectivity index (χ1) is 11.1. The van der Waals surface area contributed by atoms with Crippen molar-refractivity contribution in [3.8, 4) is 0 Å². The summed E-state index contributed by atoms with van der Waals surface area (Å²) < 4.78 is 6.22. The maximum atomic E-state index is 12.7. The molecule has 0 radical (unpaired) electrons. The summed E-state index contributed by atoms with van der Waals surface area (Å²) in [5.41, 5.74) is 1.05. The molecule has 1 N–H and O–H groups in total. The van der Waals surface area contributed by atoms with E-state index in [-0.39, 0.29) is 18.1 Å². The molecule has 1 saturated heterocycles. The van der Waals surface area contributed by atoms with Crippen molar-refractivity contribution in [3.05, 3.63) is 21.4 Å². The van der Waals surface area contributed by atoms with Crippen LogP contribution in [0.25, 0.3) is 0 Å². The van der Waals surface area contributed by atoms with E-state index in [4.69, 9.17) is 9.84 Å². The van der Waals surface area contributed by atoms with Gasteiger partial charge >= 0.3 is 0 Å². The van der Waals surface area contributed by atoms with Crippen LogP contribution in [-0.4, -0.2) is 67.3 Å². The molecule has 1 aromatic heterocycles. The van der Waals surface area contributed by atoms with Crippen LogP contribution in [0, 0.1) is 0 Å². The van der Waals surface area contributed by atoms with Gasteiger partial charge in [0.25, 0.3) is 5.91 Å². The molecule has 0 atom stereocenters. The number of likely N-dealkylation sites (N-methyl/N-ethyl adjacent to an activating group) is 1. The van der Waals surface area contributed by atoms with E-state index in [1.54, 1.807) is 16.2 Å². The van der Waals surface area contributed by atoms with Crippen molar-refractivity contribution >= 4 is 17.2 Å². The molecular formula is C17H26N2O3S. The van der Waals surface area contributed by atoms with Crippen molar-refractivity contribution in [1.82, 2.24) is 9.80 Å². The second-order valence-corrected chi connectivity index (χ2v) is 7.59. The van der Waals surface area contributed by atoms with Crippen molar-refractivity contribution in [2.24, 2.45) is 0 Å². The van der Waals surface area contributed by atoms with E-state index in [0.29, 0.717) is 13.1 Å². The third kappa shape index (κ3) is 3.18. The first-order valence-electron chi connectivity index (χ1n) is 8.45. The van der Waals surface area contributed by atoms with Crippen LogP contribution >= 0.6 is 11.3 Å². The van der Waals surface area contributed by atoms with Gasteiger partial charge in [-0.2, -0.15) is 0 Å². The molecule has 23 heavy (non-hydrogen) atoms. The number of aliphatic hydroxyl groups excluding tert-OH is 1. The first-order valence-corrected chi connectivity index (χ1v) is 9.27. The van der Waals surface area contributed by atoms with Crippen LogP contribution in [0.1, 0.15) is 39.9 Å². The van der Waals surface area contributed by atoms with Crippen LogP contribution in [0.15, 0.2) is 6.07 Å². The zero-order valence-electron chi connectivity index (χ0n) is 14.0. The maximum absolute atomic E-state index is 12.7. The second-order valence-electron chi connectivity index (χ2n) is 6.45. The highest BCUT2D eigenvalue weighted by molar-refractivity contribution is 7.14. The SMILES string of the molecule is CCN(CCO)C(=O)c1cc2c(s1)CCOC21CCN(C)CC1. The van der Waals surface area contributed by atoms with Crippen molar-refractivity contribution in [1.29, 1.82) is 0 Å². The lowest BCUT2D eigenvalue weighted by Gasteiger charge is -2.43. The number of piperidine rings is 1. The number of rotatable bonds is 4. The van der Waals surface area contributed by atoms with Crippen LogP contribution in [0.5, 0.6) is 0 Å². The molecule has 2 aliphatic heterocycles. The average molecular weight is 338 g/mol. The van der Waals surface area contributed by atoms with Gasteiger partial charge in [0.05, 0.1) is 23.7 Å². The van der Waals surface area contributed by atoms with E-state index >= 15 is 0 Å². The van der Waals surface area contributed by atoms with Gasteiger partial charge < -0.3 is 19.6 Å². The summed E-state index contributed by atoms with van der Waals surface area (Å²) in [6, 6.07) is 2.06. The molecular weight excluding hydrogens is 312 g/mol. The zero-order valence-corrected chi connectivity index (χ0v) is 14.8. The van der Waals surface area contributed by atoms with E-state index in [9.17, 15) is 4.79 Å². The lowest BCUT2D eigenvalue weighted by atomic mass is 9.82. The minimum Gasteiger partial charge on any atom is -0.395 e. The highest BCUT2D eigenvalue weighted by atomic mass is 32.1. The van der Waals surface area contributed by atoms with E-state index in [0.717, 1.165) is 43.8 Å². The third-order valence-corrected chi connectivity index (χ3v) is 6.23. The number of ether oxygens (including phenoxy) is 1. The van der Waals surface area contributed by atoms with Gasteiger partial charge in [0.15, 0.2) is 0 Å². The Bertz CT molecular complexity index is 564. The molecule has 128 valence electrons. The van der Waals surface area contributed by atoms with E-state index in [2.05, 4.69) is 18.0 Å². The molecule has 3 rings (SSSR count). The molecule has 1 fully saturated rings. The largest absolute Gasteiger partial charge is 0.395 e. The standard InChI is InChI=1S/C17H26N2O3S/c1-3-19(9-10-20)16(21)15-12-13-14(23-15)4-11-22-17(13)5-7-18(2)8-6-17/h12,20H,3-11H2,1-2H3. The predicted molar refractivity (Wildman–Crippen MR) is 91.0 cm³/mol. The molecule has 2 aliphatic rings. The number of carbonyl (C=O) groups is 1. The Morgan fingerprint density at radius 1 is 1.48 bits per heavy atom. The molecule has 1 spiro atoms. The lowest BCUT2D eigenvalue weighted by Crippen LogP contribution is -2.44. The summed E-state index contributed by atoms with van der Waals surface area (Å²) in [5, 5.41) is 9.13. The molecule has 0 saturated carbocycles. The smallest absolute Gasteiger partial charge is 0.264 e. The minimum absolute atomic E-state index is 0.00402. The molecule has 5 nitrogen and oxygen atoms in total. The van der Waals surface area contributed by atoms with Crippen molar-refractivity contribution in [3.63, 3.8) is 0 Å². The molecule has 1 aromatic rings. The molecule has 3 heterocycles. The number of nitrogens with zero attached hydrogens (tertiary/aromatic N) is 2. The fourth-order valence-corrected chi connectivity index (χ4v) is 4.79. The third-order valence-electron chi connectivity index (χ3n) is 5.05. The van der Waals surface area contributed by atoms with E-state index < -0.39 is 0 Å². The number of thiophene rings is 1. The number of carbonyl (C=O) groups excluding carboxylic acids is 1. The van der Waals surface area contributed by atoms with E-state index in [1.165, 1.54) is 10.4 Å². The summed E-state index contributed by atoms with van der Waals surface area (Å²) in [5.74, 6) is 0.0315. The Morgan fingerprint density at radius 3 is 2.87 bits per heavy atom. The highest BCUT2D eigenvalue weighted by Gasteiger charge is 2.41. The summed E-state index contributed by atoms with van der Waals surface area (Å²) in [6.45, 7) is 5.78. The Balaban J connectivity index is 1.87. The van der Waals surface area contributed by atoms with Crippen LogP contribution in [0.3, 0.4) is 0 Å². The van der Waals surface area contributed by atoms with Gasteiger partial charge in [0, 0.05) is 37.5 Å². The Morgan fingerprint density at radius 2 is 2.22 bits per heavy atom. The van der Waals surface area contributed by atoms with Gasteiger partial charge in [-0.15, -0.1) is 11.3 Å². The van der Waals surface area contributed by atoms with Crippen molar-refractivity contribution < 1.29 is 14.6 Å². The monoisotopic (exact) mass is 338 g/mol. The average Bonchev–Trinajstić information content (AvgIpc) is 3.01. The number of fused-ring (bicyclic) bond motifs is 2. The quantitative estimate of drug-likeness (QED) is 0.908. The van der Waals surface area contributed by atoms with E-state index in [1.807, 2.05) is 6.92 Å². The summed E-state index contributed by atoms with van der Waals surface area (Å²) >= 11 is 1.61. The molecule has 0 aliphatic carbocycles. The van der Waals surface area contributed by atoms with Gasteiger partial charge in [-0.05, 0) is 38.4 Å². The predicted octanol–water partition coefficient (Wildman–Crippen LogP) is 1.70. The van der Waals surface area contributed by atoms with Crippen molar-refractivity contribution in [2.75, 3.05) is 46.4 Å². The fraction of sp³-hybridized carbons (Fsp3) is 0.706. The topological polar surface area (TPSA) is 53.0 Å². The summed E-state index contributed by atoms with van der Waals surface area (Å²) in [7, 11) is 2.15. The number of hydrogen-bond acceptors (Lipinski definition) is 5. The number of hydrogen-bond donors (Lipinski definition) is 1. The van der Waals surface area contributed by atoms with Gasteiger partial charge in [-0.1, -0.05) is 0 Å². The number of amides is 1. The highest BCUT2D eigenvalue weighted by Crippen LogP contribution is 2.44.